The fourth-order valence-corrected chi connectivity index (χ4v) is 2.49. The molecule has 1 aliphatic heterocycles. The minimum atomic E-state index is -0.344. The first-order valence-corrected chi connectivity index (χ1v) is 6.52. The Morgan fingerprint density at radius 2 is 2.20 bits per heavy atom. The Hall–Kier alpha value is -0.260. The molecule has 1 fully saturated rings. The molecule has 88 valence electrons. The maximum Gasteiger partial charge on any atom is 0.239 e. The van der Waals surface area contributed by atoms with E-state index in [4.69, 9.17) is 10.5 Å². The lowest BCUT2D eigenvalue weighted by Gasteiger charge is -2.28. The van der Waals surface area contributed by atoms with Gasteiger partial charge in [0.1, 0.15) is 0 Å². The quantitative estimate of drug-likeness (QED) is 0.693. The summed E-state index contributed by atoms with van der Waals surface area (Å²) in [6.45, 7) is 2.37. The van der Waals surface area contributed by atoms with Gasteiger partial charge >= 0.3 is 0 Å². The second-order valence-electron chi connectivity index (χ2n) is 3.68. The maximum absolute atomic E-state index is 11.8. The smallest absolute Gasteiger partial charge is 0.239 e. The van der Waals surface area contributed by atoms with Crippen molar-refractivity contribution in [3.8, 4) is 0 Å². The molecule has 4 nitrogen and oxygen atoms in total. The van der Waals surface area contributed by atoms with E-state index in [1.807, 2.05) is 16.7 Å². The summed E-state index contributed by atoms with van der Waals surface area (Å²) >= 11 is 1.89. The number of methoxy groups -OCH3 is 1. The van der Waals surface area contributed by atoms with Crippen LogP contribution in [0.2, 0.25) is 0 Å². The number of rotatable bonds is 5. The number of carbonyl (C=O) groups excluding carboxylic acids is 1. The molecule has 0 saturated carbocycles. The predicted octanol–water partition coefficient (Wildman–Crippen LogP) is 0.316. The van der Waals surface area contributed by atoms with Crippen LogP contribution >= 0.6 is 11.8 Å². The van der Waals surface area contributed by atoms with Gasteiger partial charge in [0.15, 0.2) is 0 Å². The van der Waals surface area contributed by atoms with Crippen molar-refractivity contribution in [3.05, 3.63) is 0 Å². The normalized spacial score (nSPS) is 18.9. The van der Waals surface area contributed by atoms with Crippen LogP contribution in [-0.2, 0) is 9.53 Å². The standard InChI is InChI=1S/C10H20N2O2S/c1-14-6-2-3-9(11)10(13)12-4-7-15-8-5-12/h9H,2-8,11H2,1H3. The number of nitrogens with two attached hydrogens (primary N) is 1. The van der Waals surface area contributed by atoms with Crippen LogP contribution in [0.5, 0.6) is 0 Å². The fraction of sp³-hybridized carbons (Fsp3) is 0.900. The first kappa shape index (κ1) is 12.8. The number of hydrogen-bond donors (Lipinski definition) is 1. The zero-order valence-corrected chi connectivity index (χ0v) is 10.1. The van der Waals surface area contributed by atoms with Crippen LogP contribution in [0.4, 0.5) is 0 Å². The fourth-order valence-electron chi connectivity index (χ4n) is 1.59. The molecule has 0 bridgehead atoms. The highest BCUT2D eigenvalue weighted by Gasteiger charge is 2.21. The maximum atomic E-state index is 11.8. The Morgan fingerprint density at radius 3 is 2.80 bits per heavy atom. The molecule has 0 aromatic carbocycles. The zero-order chi connectivity index (χ0) is 11.1. The van der Waals surface area contributed by atoms with E-state index in [0.717, 1.165) is 37.4 Å². The largest absolute Gasteiger partial charge is 0.385 e. The number of hydrogen-bond acceptors (Lipinski definition) is 4. The average Bonchev–Trinajstić information content (AvgIpc) is 2.29. The van der Waals surface area contributed by atoms with Crippen molar-refractivity contribution < 1.29 is 9.53 Å². The monoisotopic (exact) mass is 232 g/mol. The zero-order valence-electron chi connectivity index (χ0n) is 9.28. The number of amides is 1. The predicted molar refractivity (Wildman–Crippen MR) is 63.0 cm³/mol. The van der Waals surface area contributed by atoms with E-state index in [2.05, 4.69) is 0 Å². The highest BCUT2D eigenvalue weighted by Crippen LogP contribution is 2.11. The van der Waals surface area contributed by atoms with Crippen LogP contribution in [0.3, 0.4) is 0 Å². The van der Waals surface area contributed by atoms with E-state index >= 15 is 0 Å². The third-order valence-corrected chi connectivity index (χ3v) is 3.45. The van der Waals surface area contributed by atoms with Crippen molar-refractivity contribution in [1.29, 1.82) is 0 Å². The Balaban J connectivity index is 2.24. The summed E-state index contributed by atoms with van der Waals surface area (Å²) in [5.41, 5.74) is 5.84. The number of ether oxygens (including phenoxy) is 1. The van der Waals surface area contributed by atoms with Gasteiger partial charge in [0.2, 0.25) is 5.91 Å². The number of nitrogens with zero attached hydrogens (tertiary/aromatic N) is 1. The number of carbonyl (C=O) groups is 1. The Bertz CT molecular complexity index is 196. The van der Waals surface area contributed by atoms with Gasteiger partial charge in [0.05, 0.1) is 6.04 Å². The molecule has 5 heteroatoms. The summed E-state index contributed by atoms with van der Waals surface area (Å²) in [6, 6.07) is -0.344. The van der Waals surface area contributed by atoms with Gasteiger partial charge in [-0.25, -0.2) is 0 Å². The summed E-state index contributed by atoms with van der Waals surface area (Å²) < 4.78 is 4.93. The number of thioether (sulfide) groups is 1. The molecule has 1 rings (SSSR count). The molecule has 0 aliphatic carbocycles. The second kappa shape index (κ2) is 7.09. The third-order valence-electron chi connectivity index (χ3n) is 2.50. The summed E-state index contributed by atoms with van der Waals surface area (Å²) in [5.74, 6) is 2.18. The van der Waals surface area contributed by atoms with E-state index in [1.165, 1.54) is 0 Å². The third kappa shape index (κ3) is 4.40. The average molecular weight is 232 g/mol. The van der Waals surface area contributed by atoms with Gasteiger partial charge in [-0.1, -0.05) is 0 Å². The first-order valence-electron chi connectivity index (χ1n) is 5.36. The molecule has 1 heterocycles. The lowest BCUT2D eigenvalue weighted by molar-refractivity contribution is -0.132. The molecule has 0 aromatic rings. The van der Waals surface area contributed by atoms with Gasteiger partial charge in [-0.2, -0.15) is 11.8 Å². The van der Waals surface area contributed by atoms with E-state index < -0.39 is 0 Å². The van der Waals surface area contributed by atoms with Crippen LogP contribution in [0.15, 0.2) is 0 Å². The minimum Gasteiger partial charge on any atom is -0.385 e. The van der Waals surface area contributed by atoms with Crippen LogP contribution in [0.25, 0.3) is 0 Å². The molecule has 15 heavy (non-hydrogen) atoms. The Kier molecular flexibility index (Phi) is 6.05. The Labute approximate surface area is 95.5 Å². The van der Waals surface area contributed by atoms with Crippen molar-refractivity contribution in [3.63, 3.8) is 0 Å². The molecule has 1 unspecified atom stereocenters. The van der Waals surface area contributed by atoms with Crippen LogP contribution < -0.4 is 5.73 Å². The van der Waals surface area contributed by atoms with Gasteiger partial charge in [-0.05, 0) is 12.8 Å². The minimum absolute atomic E-state index is 0.103. The summed E-state index contributed by atoms with van der Waals surface area (Å²) in [7, 11) is 1.66. The van der Waals surface area contributed by atoms with Crippen molar-refractivity contribution in [2.24, 2.45) is 5.73 Å². The summed E-state index contributed by atoms with van der Waals surface area (Å²) in [4.78, 5) is 13.7. The molecular formula is C10H20N2O2S. The first-order chi connectivity index (χ1) is 7.25. The molecule has 0 spiro atoms. The molecule has 1 amide bonds. The second-order valence-corrected chi connectivity index (χ2v) is 4.90. The molecule has 1 aliphatic rings. The molecule has 2 N–H and O–H groups in total. The van der Waals surface area contributed by atoms with Crippen molar-refractivity contribution >= 4 is 17.7 Å². The van der Waals surface area contributed by atoms with E-state index in [-0.39, 0.29) is 11.9 Å². The van der Waals surface area contributed by atoms with Gasteiger partial charge in [-0.15, -0.1) is 0 Å². The van der Waals surface area contributed by atoms with Gasteiger partial charge in [0.25, 0.3) is 0 Å². The molecule has 1 atom stereocenters. The van der Waals surface area contributed by atoms with E-state index in [0.29, 0.717) is 6.61 Å². The highest BCUT2D eigenvalue weighted by atomic mass is 32.2. The molecular weight excluding hydrogens is 212 g/mol. The SMILES string of the molecule is COCCCC(N)C(=O)N1CCSCC1. The van der Waals surface area contributed by atoms with Gasteiger partial charge in [0, 0.05) is 38.3 Å². The topological polar surface area (TPSA) is 55.6 Å². The van der Waals surface area contributed by atoms with Crippen LogP contribution in [-0.4, -0.2) is 55.2 Å². The van der Waals surface area contributed by atoms with Crippen LogP contribution in [0.1, 0.15) is 12.8 Å². The molecule has 1 saturated heterocycles. The lowest BCUT2D eigenvalue weighted by atomic mass is 10.1. The highest BCUT2D eigenvalue weighted by molar-refractivity contribution is 7.99. The summed E-state index contributed by atoms with van der Waals surface area (Å²) in [6.07, 6.45) is 1.57. The van der Waals surface area contributed by atoms with Crippen LogP contribution in [0, 0.1) is 0 Å². The summed E-state index contributed by atoms with van der Waals surface area (Å²) in [5, 5.41) is 0. The van der Waals surface area contributed by atoms with E-state index in [9.17, 15) is 4.79 Å². The van der Waals surface area contributed by atoms with Crippen molar-refractivity contribution in [2.75, 3.05) is 38.3 Å². The van der Waals surface area contributed by atoms with Gasteiger partial charge < -0.3 is 15.4 Å². The van der Waals surface area contributed by atoms with Crippen molar-refractivity contribution in [2.45, 2.75) is 18.9 Å². The lowest BCUT2D eigenvalue weighted by Crippen LogP contribution is -2.47. The van der Waals surface area contributed by atoms with E-state index in [1.54, 1.807) is 7.11 Å². The molecule has 0 radical (unpaired) electrons. The molecule has 0 aromatic heterocycles. The van der Waals surface area contributed by atoms with Crippen molar-refractivity contribution in [1.82, 2.24) is 4.90 Å². The Morgan fingerprint density at radius 1 is 1.53 bits per heavy atom. The van der Waals surface area contributed by atoms with Gasteiger partial charge in [-0.3, -0.25) is 4.79 Å².